The molecule has 72 valence electrons. The first kappa shape index (κ1) is 9.57. The molecule has 5 heteroatoms. The predicted molar refractivity (Wildman–Crippen MR) is 48.7 cm³/mol. The minimum Gasteiger partial charge on any atom is -0.338 e. The highest BCUT2D eigenvalue weighted by atomic mass is 16.2. The molecule has 1 aromatic rings. The number of aromatic amines is 2. The van der Waals surface area contributed by atoms with Crippen molar-refractivity contribution in [2.45, 2.75) is 13.8 Å². The first-order valence-electron chi connectivity index (χ1n) is 4.26. The summed E-state index contributed by atoms with van der Waals surface area (Å²) in [6.45, 7) is 5.07. The van der Waals surface area contributed by atoms with Crippen molar-refractivity contribution in [3.63, 3.8) is 0 Å². The minimum atomic E-state index is -0.282. The highest BCUT2D eigenvalue weighted by molar-refractivity contribution is 5.92. The number of nitrogens with zero attached hydrogens (tertiary/aromatic N) is 1. The van der Waals surface area contributed by atoms with Crippen molar-refractivity contribution in [3.05, 3.63) is 22.1 Å². The molecule has 1 aromatic heterocycles. The Balaban J connectivity index is 2.84. The summed E-state index contributed by atoms with van der Waals surface area (Å²) in [4.78, 5) is 23.9. The van der Waals surface area contributed by atoms with Gasteiger partial charge >= 0.3 is 0 Å². The Hall–Kier alpha value is -1.52. The molecule has 1 heterocycles. The van der Waals surface area contributed by atoms with Crippen molar-refractivity contribution in [3.8, 4) is 0 Å². The van der Waals surface area contributed by atoms with E-state index in [9.17, 15) is 9.59 Å². The van der Waals surface area contributed by atoms with Crippen molar-refractivity contribution in [2.75, 3.05) is 13.1 Å². The van der Waals surface area contributed by atoms with Crippen LogP contribution in [0.25, 0.3) is 0 Å². The lowest BCUT2D eigenvalue weighted by Crippen LogP contribution is -2.30. The number of nitrogens with one attached hydrogen (secondary N) is 2. The van der Waals surface area contributed by atoms with E-state index in [1.54, 1.807) is 4.90 Å². The van der Waals surface area contributed by atoms with E-state index in [1.807, 2.05) is 13.8 Å². The quantitative estimate of drug-likeness (QED) is 0.702. The Labute approximate surface area is 75.7 Å². The van der Waals surface area contributed by atoms with Gasteiger partial charge in [0.2, 0.25) is 0 Å². The number of rotatable bonds is 3. The van der Waals surface area contributed by atoms with E-state index < -0.39 is 0 Å². The van der Waals surface area contributed by atoms with Gasteiger partial charge in [-0.05, 0) is 13.8 Å². The highest BCUT2D eigenvalue weighted by Gasteiger charge is 2.13. The smallest absolute Gasteiger partial charge is 0.271 e. The Kier molecular flexibility index (Phi) is 2.89. The third-order valence-corrected chi connectivity index (χ3v) is 1.88. The summed E-state index contributed by atoms with van der Waals surface area (Å²) in [6.07, 6.45) is 0. The summed E-state index contributed by atoms with van der Waals surface area (Å²) in [5.41, 5.74) is 0.0317. The van der Waals surface area contributed by atoms with Gasteiger partial charge in [0.1, 0.15) is 5.69 Å². The van der Waals surface area contributed by atoms with Gasteiger partial charge < -0.3 is 4.90 Å². The highest BCUT2D eigenvalue weighted by Crippen LogP contribution is 1.97. The SMILES string of the molecule is CCN(CC)C(=O)c1cc(=O)[nH][nH]1. The maximum atomic E-state index is 11.6. The normalized spacial score (nSPS) is 10.0. The van der Waals surface area contributed by atoms with Crippen LogP contribution in [0.3, 0.4) is 0 Å². The van der Waals surface area contributed by atoms with Crippen molar-refractivity contribution in [2.24, 2.45) is 0 Å². The largest absolute Gasteiger partial charge is 0.338 e. The number of carbonyl (C=O) groups is 1. The van der Waals surface area contributed by atoms with Crippen LogP contribution in [0.1, 0.15) is 24.3 Å². The predicted octanol–water partition coefficient (Wildman–Crippen LogP) is 0.185. The van der Waals surface area contributed by atoms with Crippen molar-refractivity contribution in [1.29, 1.82) is 0 Å². The molecule has 0 saturated heterocycles. The maximum Gasteiger partial charge on any atom is 0.271 e. The van der Waals surface area contributed by atoms with E-state index in [2.05, 4.69) is 10.2 Å². The van der Waals surface area contributed by atoms with Gasteiger partial charge in [0, 0.05) is 19.2 Å². The molecule has 0 saturated carbocycles. The fourth-order valence-electron chi connectivity index (χ4n) is 1.13. The van der Waals surface area contributed by atoms with Gasteiger partial charge in [-0.1, -0.05) is 0 Å². The second-order valence-electron chi connectivity index (χ2n) is 2.65. The molecule has 0 unspecified atom stereocenters. The molecule has 1 amide bonds. The molecule has 0 radical (unpaired) electrons. The molecule has 0 spiro atoms. The fraction of sp³-hybridized carbons (Fsp3) is 0.500. The van der Waals surface area contributed by atoms with Crippen LogP contribution in [0.15, 0.2) is 10.9 Å². The maximum absolute atomic E-state index is 11.6. The lowest BCUT2D eigenvalue weighted by molar-refractivity contribution is 0.0767. The van der Waals surface area contributed by atoms with Gasteiger partial charge in [0.15, 0.2) is 0 Å². The van der Waals surface area contributed by atoms with Crippen molar-refractivity contribution < 1.29 is 4.79 Å². The number of H-pyrrole nitrogens is 2. The first-order valence-corrected chi connectivity index (χ1v) is 4.26. The Morgan fingerprint density at radius 2 is 2.00 bits per heavy atom. The van der Waals surface area contributed by atoms with E-state index in [4.69, 9.17) is 0 Å². The summed E-state index contributed by atoms with van der Waals surface area (Å²) >= 11 is 0. The molecular formula is C8H13N3O2. The molecule has 0 aliphatic heterocycles. The summed E-state index contributed by atoms with van der Waals surface area (Å²) in [5, 5.41) is 4.85. The summed E-state index contributed by atoms with van der Waals surface area (Å²) in [6, 6.07) is 1.26. The minimum absolute atomic E-state index is 0.150. The van der Waals surface area contributed by atoms with Crippen LogP contribution in [0, 0.1) is 0 Å². The molecule has 0 bridgehead atoms. The topological polar surface area (TPSA) is 69.0 Å². The van der Waals surface area contributed by atoms with E-state index in [0.717, 1.165) is 0 Å². The molecule has 1 rings (SSSR count). The molecule has 0 aliphatic carbocycles. The molecule has 0 atom stereocenters. The van der Waals surface area contributed by atoms with E-state index in [0.29, 0.717) is 18.8 Å². The lowest BCUT2D eigenvalue weighted by atomic mass is 10.3. The average molecular weight is 183 g/mol. The molecule has 0 aliphatic rings. The number of aromatic nitrogens is 2. The van der Waals surface area contributed by atoms with Crippen molar-refractivity contribution >= 4 is 5.91 Å². The van der Waals surface area contributed by atoms with E-state index >= 15 is 0 Å². The lowest BCUT2D eigenvalue weighted by Gasteiger charge is -2.16. The Bertz CT molecular complexity index is 335. The molecule has 2 N–H and O–H groups in total. The van der Waals surface area contributed by atoms with Crippen LogP contribution in [0.5, 0.6) is 0 Å². The second-order valence-corrected chi connectivity index (χ2v) is 2.65. The summed E-state index contributed by atoms with van der Waals surface area (Å²) in [5.74, 6) is -0.150. The number of carbonyl (C=O) groups excluding carboxylic acids is 1. The number of amides is 1. The van der Waals surface area contributed by atoms with E-state index in [-0.39, 0.29) is 11.5 Å². The fourth-order valence-corrected chi connectivity index (χ4v) is 1.13. The summed E-state index contributed by atoms with van der Waals surface area (Å²) in [7, 11) is 0. The monoisotopic (exact) mass is 183 g/mol. The summed E-state index contributed by atoms with van der Waals surface area (Å²) < 4.78 is 0. The van der Waals surface area contributed by atoms with Crippen LogP contribution in [0.4, 0.5) is 0 Å². The Morgan fingerprint density at radius 3 is 2.38 bits per heavy atom. The molecule has 0 fully saturated rings. The van der Waals surface area contributed by atoms with Crippen LogP contribution >= 0.6 is 0 Å². The van der Waals surface area contributed by atoms with Gasteiger partial charge in [-0.25, -0.2) is 0 Å². The second kappa shape index (κ2) is 3.93. The van der Waals surface area contributed by atoms with Gasteiger partial charge in [0.05, 0.1) is 0 Å². The zero-order valence-corrected chi connectivity index (χ0v) is 7.76. The third kappa shape index (κ3) is 1.99. The van der Waals surface area contributed by atoms with E-state index in [1.165, 1.54) is 6.07 Å². The van der Waals surface area contributed by atoms with Crippen LogP contribution < -0.4 is 5.56 Å². The van der Waals surface area contributed by atoms with Crippen LogP contribution in [-0.2, 0) is 0 Å². The molecule has 5 nitrogen and oxygen atoms in total. The van der Waals surface area contributed by atoms with Crippen LogP contribution in [0.2, 0.25) is 0 Å². The zero-order valence-electron chi connectivity index (χ0n) is 7.76. The molecule has 13 heavy (non-hydrogen) atoms. The van der Waals surface area contributed by atoms with Gasteiger partial charge in [-0.15, -0.1) is 0 Å². The molecule has 0 aromatic carbocycles. The van der Waals surface area contributed by atoms with Crippen LogP contribution in [-0.4, -0.2) is 34.1 Å². The zero-order chi connectivity index (χ0) is 9.84. The molecular weight excluding hydrogens is 170 g/mol. The first-order chi connectivity index (χ1) is 6.19. The average Bonchev–Trinajstić information content (AvgIpc) is 2.54. The van der Waals surface area contributed by atoms with Crippen molar-refractivity contribution in [1.82, 2.24) is 15.1 Å². The van der Waals surface area contributed by atoms with Gasteiger partial charge in [0.25, 0.3) is 11.5 Å². The number of hydrogen-bond acceptors (Lipinski definition) is 2. The standard InChI is InChI=1S/C8H13N3O2/c1-3-11(4-2)8(13)6-5-7(12)10-9-6/h5H,3-4H2,1-2H3,(H2,9,10,12). The van der Waals surface area contributed by atoms with Gasteiger partial charge in [-0.2, -0.15) is 0 Å². The van der Waals surface area contributed by atoms with Gasteiger partial charge in [-0.3, -0.25) is 19.8 Å². The number of hydrogen-bond donors (Lipinski definition) is 2. The Morgan fingerprint density at radius 1 is 1.38 bits per heavy atom. The third-order valence-electron chi connectivity index (χ3n) is 1.88.